The van der Waals surface area contributed by atoms with Gasteiger partial charge in [0.1, 0.15) is 0 Å². The van der Waals surface area contributed by atoms with E-state index in [1.54, 1.807) is 24.3 Å². The fourth-order valence-electron chi connectivity index (χ4n) is 2.82. The quantitative estimate of drug-likeness (QED) is 0.706. The van der Waals surface area contributed by atoms with Crippen molar-refractivity contribution in [3.05, 3.63) is 101 Å². The van der Waals surface area contributed by atoms with Crippen LogP contribution in [0.2, 0.25) is 0 Å². The predicted octanol–water partition coefficient (Wildman–Crippen LogP) is 4.49. The molecule has 136 valence electrons. The number of nitrogens with one attached hydrogen (secondary N) is 2. The van der Waals surface area contributed by atoms with Gasteiger partial charge in [0.25, 0.3) is 11.8 Å². The molecule has 27 heavy (non-hydrogen) atoms. The highest BCUT2D eigenvalue weighted by molar-refractivity contribution is 6.06. The number of carbonyl (C=O) groups excluding carboxylic acids is 2. The van der Waals surface area contributed by atoms with Crippen molar-refractivity contribution in [2.24, 2.45) is 0 Å². The van der Waals surface area contributed by atoms with Gasteiger partial charge in [0.2, 0.25) is 0 Å². The summed E-state index contributed by atoms with van der Waals surface area (Å²) in [4.78, 5) is 25.0. The fraction of sp³-hybridized carbons (Fsp3) is 0.130. The van der Waals surface area contributed by atoms with E-state index in [1.807, 2.05) is 62.4 Å². The number of hydrogen-bond donors (Lipinski definition) is 2. The molecule has 0 aliphatic rings. The lowest BCUT2D eigenvalue weighted by atomic mass is 10.1. The molecule has 4 heteroatoms. The standard InChI is InChI=1S/C23H22N2O2/c1-16-7-5-9-18(13-16)15-24-22(26)19-10-6-11-20(14-19)23(27)25-21-12-4-3-8-17(21)2/h3-14H,15H2,1-2H3,(H,24,26)(H,25,27). The minimum Gasteiger partial charge on any atom is -0.348 e. The summed E-state index contributed by atoms with van der Waals surface area (Å²) >= 11 is 0. The lowest BCUT2D eigenvalue weighted by Gasteiger charge is -2.10. The second-order valence-electron chi connectivity index (χ2n) is 6.52. The molecular formula is C23H22N2O2. The molecule has 0 aromatic heterocycles. The van der Waals surface area contributed by atoms with E-state index in [1.165, 1.54) is 0 Å². The number of amides is 2. The molecule has 0 atom stereocenters. The minimum atomic E-state index is -0.238. The van der Waals surface area contributed by atoms with Crippen molar-refractivity contribution in [1.29, 1.82) is 0 Å². The smallest absolute Gasteiger partial charge is 0.255 e. The lowest BCUT2D eigenvalue weighted by molar-refractivity contribution is 0.0951. The maximum absolute atomic E-state index is 12.5. The van der Waals surface area contributed by atoms with Gasteiger partial charge in [-0.3, -0.25) is 9.59 Å². The normalized spacial score (nSPS) is 10.3. The Morgan fingerprint density at radius 2 is 1.48 bits per heavy atom. The average Bonchev–Trinajstić information content (AvgIpc) is 2.68. The van der Waals surface area contributed by atoms with Crippen LogP contribution in [-0.4, -0.2) is 11.8 Å². The van der Waals surface area contributed by atoms with E-state index in [0.29, 0.717) is 17.7 Å². The molecule has 0 aliphatic carbocycles. The monoisotopic (exact) mass is 358 g/mol. The molecule has 0 aliphatic heterocycles. The second-order valence-corrected chi connectivity index (χ2v) is 6.52. The summed E-state index contributed by atoms with van der Waals surface area (Å²) in [6.45, 7) is 4.40. The molecule has 4 nitrogen and oxygen atoms in total. The Kier molecular flexibility index (Phi) is 5.67. The van der Waals surface area contributed by atoms with Crippen LogP contribution in [0.4, 0.5) is 5.69 Å². The number of carbonyl (C=O) groups is 2. The van der Waals surface area contributed by atoms with Crippen molar-refractivity contribution in [3.63, 3.8) is 0 Å². The maximum Gasteiger partial charge on any atom is 0.255 e. The zero-order valence-electron chi connectivity index (χ0n) is 15.5. The first kappa shape index (κ1) is 18.4. The molecule has 0 bridgehead atoms. The van der Waals surface area contributed by atoms with Crippen LogP contribution in [-0.2, 0) is 6.54 Å². The zero-order valence-corrected chi connectivity index (χ0v) is 15.5. The number of hydrogen-bond acceptors (Lipinski definition) is 2. The molecule has 3 aromatic rings. The Morgan fingerprint density at radius 1 is 0.778 bits per heavy atom. The van der Waals surface area contributed by atoms with E-state index in [9.17, 15) is 9.59 Å². The molecule has 3 aromatic carbocycles. The molecule has 0 unspecified atom stereocenters. The van der Waals surface area contributed by atoms with Crippen LogP contribution in [0.15, 0.2) is 72.8 Å². The summed E-state index contributed by atoms with van der Waals surface area (Å²) in [6, 6.07) is 22.3. The Labute approximate surface area is 159 Å². The zero-order chi connectivity index (χ0) is 19.2. The van der Waals surface area contributed by atoms with Crippen LogP contribution in [0.25, 0.3) is 0 Å². The Balaban J connectivity index is 1.68. The Hall–Kier alpha value is -3.40. The number of para-hydroxylation sites is 1. The number of rotatable bonds is 5. The van der Waals surface area contributed by atoms with E-state index in [2.05, 4.69) is 10.6 Å². The van der Waals surface area contributed by atoms with E-state index in [0.717, 1.165) is 22.4 Å². The molecule has 0 heterocycles. The van der Waals surface area contributed by atoms with Crippen molar-refractivity contribution < 1.29 is 9.59 Å². The highest BCUT2D eigenvalue weighted by Crippen LogP contribution is 2.15. The predicted molar refractivity (Wildman–Crippen MR) is 108 cm³/mol. The molecule has 0 saturated heterocycles. The van der Waals surface area contributed by atoms with Gasteiger partial charge in [-0.1, -0.05) is 54.1 Å². The molecular weight excluding hydrogens is 336 g/mol. The number of benzene rings is 3. The number of anilines is 1. The van der Waals surface area contributed by atoms with Crippen molar-refractivity contribution in [2.45, 2.75) is 20.4 Å². The summed E-state index contributed by atoms with van der Waals surface area (Å²) in [7, 11) is 0. The van der Waals surface area contributed by atoms with Crippen molar-refractivity contribution in [2.75, 3.05) is 5.32 Å². The van der Waals surface area contributed by atoms with Crippen LogP contribution in [0.5, 0.6) is 0 Å². The van der Waals surface area contributed by atoms with Gasteiger partial charge in [0.05, 0.1) is 0 Å². The Bertz CT molecular complexity index is 979. The Morgan fingerprint density at radius 3 is 2.22 bits per heavy atom. The van der Waals surface area contributed by atoms with Gasteiger partial charge in [0, 0.05) is 23.4 Å². The summed E-state index contributed by atoms with van der Waals surface area (Å²) in [5, 5.41) is 5.78. The SMILES string of the molecule is Cc1cccc(CNC(=O)c2cccc(C(=O)Nc3ccccc3C)c2)c1. The van der Waals surface area contributed by atoms with Crippen LogP contribution in [0, 0.1) is 13.8 Å². The minimum absolute atomic E-state index is 0.206. The van der Waals surface area contributed by atoms with E-state index < -0.39 is 0 Å². The topological polar surface area (TPSA) is 58.2 Å². The van der Waals surface area contributed by atoms with Crippen molar-refractivity contribution in [3.8, 4) is 0 Å². The third-order valence-electron chi connectivity index (χ3n) is 4.32. The van der Waals surface area contributed by atoms with E-state index in [-0.39, 0.29) is 11.8 Å². The molecule has 0 saturated carbocycles. The highest BCUT2D eigenvalue weighted by atomic mass is 16.2. The molecule has 2 N–H and O–H groups in total. The average molecular weight is 358 g/mol. The van der Waals surface area contributed by atoms with Crippen molar-refractivity contribution >= 4 is 17.5 Å². The summed E-state index contributed by atoms with van der Waals surface area (Å²) < 4.78 is 0. The van der Waals surface area contributed by atoms with Gasteiger partial charge in [0.15, 0.2) is 0 Å². The van der Waals surface area contributed by atoms with E-state index >= 15 is 0 Å². The van der Waals surface area contributed by atoms with Gasteiger partial charge in [-0.25, -0.2) is 0 Å². The molecule has 3 rings (SSSR count). The van der Waals surface area contributed by atoms with Crippen LogP contribution in [0.1, 0.15) is 37.4 Å². The van der Waals surface area contributed by atoms with E-state index in [4.69, 9.17) is 0 Å². The van der Waals surface area contributed by atoms with Crippen LogP contribution >= 0.6 is 0 Å². The molecule has 2 amide bonds. The van der Waals surface area contributed by atoms with Crippen LogP contribution < -0.4 is 10.6 Å². The van der Waals surface area contributed by atoms with Gasteiger partial charge in [-0.05, 0) is 49.2 Å². The first-order valence-electron chi connectivity index (χ1n) is 8.84. The summed E-state index contributed by atoms with van der Waals surface area (Å²) in [6.07, 6.45) is 0. The van der Waals surface area contributed by atoms with Gasteiger partial charge < -0.3 is 10.6 Å². The number of aryl methyl sites for hydroxylation is 2. The lowest BCUT2D eigenvalue weighted by Crippen LogP contribution is -2.23. The third-order valence-corrected chi connectivity index (χ3v) is 4.32. The highest BCUT2D eigenvalue weighted by Gasteiger charge is 2.11. The molecule has 0 fully saturated rings. The summed E-state index contributed by atoms with van der Waals surface area (Å²) in [5.41, 5.74) is 4.84. The second kappa shape index (κ2) is 8.32. The third kappa shape index (κ3) is 4.82. The van der Waals surface area contributed by atoms with Gasteiger partial charge >= 0.3 is 0 Å². The fourth-order valence-corrected chi connectivity index (χ4v) is 2.82. The first-order valence-corrected chi connectivity index (χ1v) is 8.84. The largest absolute Gasteiger partial charge is 0.348 e. The molecule has 0 radical (unpaired) electrons. The van der Waals surface area contributed by atoms with Crippen LogP contribution in [0.3, 0.4) is 0 Å². The summed E-state index contributed by atoms with van der Waals surface area (Å²) in [5.74, 6) is -0.445. The maximum atomic E-state index is 12.5. The molecule has 0 spiro atoms. The first-order chi connectivity index (χ1) is 13.0. The van der Waals surface area contributed by atoms with Crippen molar-refractivity contribution in [1.82, 2.24) is 5.32 Å². The van der Waals surface area contributed by atoms with Gasteiger partial charge in [-0.2, -0.15) is 0 Å². The van der Waals surface area contributed by atoms with Gasteiger partial charge in [-0.15, -0.1) is 0 Å².